The molecular formula is C30H24ClNO3. The summed E-state index contributed by atoms with van der Waals surface area (Å²) in [5.41, 5.74) is 3.02. The molecule has 1 fully saturated rings. The van der Waals surface area contributed by atoms with Gasteiger partial charge in [0, 0.05) is 23.1 Å². The van der Waals surface area contributed by atoms with Gasteiger partial charge in [-0.15, -0.1) is 0 Å². The van der Waals surface area contributed by atoms with Crippen molar-refractivity contribution in [3.05, 3.63) is 123 Å². The predicted molar refractivity (Wildman–Crippen MR) is 140 cm³/mol. The molecule has 0 saturated heterocycles. The van der Waals surface area contributed by atoms with Crippen LogP contribution in [0.2, 0.25) is 5.02 Å². The summed E-state index contributed by atoms with van der Waals surface area (Å²) in [5, 5.41) is 14.3. The second kappa shape index (κ2) is 8.54. The second-order valence-electron chi connectivity index (χ2n) is 9.43. The van der Waals surface area contributed by atoms with Crippen molar-refractivity contribution in [3.63, 3.8) is 0 Å². The Bertz CT molecular complexity index is 1450. The number of nitro benzene ring substituents is 1. The third-order valence-electron chi connectivity index (χ3n) is 7.55. The first kappa shape index (κ1) is 21.9. The number of allylic oxidation sites excluding steroid dienone is 1. The number of rotatable bonds is 4. The fraction of sp³-hybridized carbons (Fsp3) is 0.200. The van der Waals surface area contributed by atoms with E-state index in [-0.39, 0.29) is 16.5 Å². The highest BCUT2D eigenvalue weighted by molar-refractivity contribution is 6.30. The van der Waals surface area contributed by atoms with Gasteiger partial charge in [0.05, 0.1) is 4.92 Å². The highest BCUT2D eigenvalue weighted by Gasteiger charge is 2.50. The monoisotopic (exact) mass is 481 g/mol. The molecule has 2 aliphatic rings. The third kappa shape index (κ3) is 3.69. The number of nitro groups is 1. The summed E-state index contributed by atoms with van der Waals surface area (Å²) in [6, 6.07) is 27.3. The number of fused-ring (bicyclic) bond motifs is 5. The zero-order valence-corrected chi connectivity index (χ0v) is 19.8. The van der Waals surface area contributed by atoms with Gasteiger partial charge in [-0.2, -0.15) is 0 Å². The number of halogens is 1. The normalized spacial score (nSPS) is 22.9. The van der Waals surface area contributed by atoms with Gasteiger partial charge in [0.25, 0.3) is 5.69 Å². The van der Waals surface area contributed by atoms with Crippen molar-refractivity contribution < 1.29 is 9.66 Å². The molecule has 0 N–H and O–H groups in total. The first-order chi connectivity index (χ1) is 17.0. The van der Waals surface area contributed by atoms with Crippen molar-refractivity contribution in [1.29, 1.82) is 0 Å². The average molecular weight is 482 g/mol. The van der Waals surface area contributed by atoms with Crippen LogP contribution in [0.4, 0.5) is 5.69 Å². The molecule has 0 radical (unpaired) electrons. The zero-order valence-electron chi connectivity index (χ0n) is 19.1. The molecule has 3 atom stereocenters. The third-order valence-corrected chi connectivity index (χ3v) is 7.80. The molecule has 6 rings (SSSR count). The highest BCUT2D eigenvalue weighted by Crippen LogP contribution is 2.56. The summed E-state index contributed by atoms with van der Waals surface area (Å²) >= 11 is 6.27. The van der Waals surface area contributed by atoms with Crippen LogP contribution in [-0.2, 0) is 5.60 Å². The molecule has 1 saturated carbocycles. The minimum absolute atomic E-state index is 0.0526. The lowest BCUT2D eigenvalue weighted by atomic mass is 9.60. The van der Waals surface area contributed by atoms with E-state index in [1.165, 1.54) is 34.0 Å². The number of nitrogens with zero attached hydrogens (tertiary/aromatic N) is 1. The molecule has 3 unspecified atom stereocenters. The van der Waals surface area contributed by atoms with Crippen molar-refractivity contribution in [1.82, 2.24) is 0 Å². The van der Waals surface area contributed by atoms with Crippen LogP contribution in [0.3, 0.4) is 0 Å². The van der Waals surface area contributed by atoms with E-state index in [9.17, 15) is 10.1 Å². The van der Waals surface area contributed by atoms with E-state index in [1.54, 1.807) is 12.1 Å². The fourth-order valence-electron chi connectivity index (χ4n) is 6.02. The van der Waals surface area contributed by atoms with Crippen LogP contribution in [0.25, 0.3) is 16.8 Å². The van der Waals surface area contributed by atoms with E-state index in [4.69, 9.17) is 16.3 Å². The van der Waals surface area contributed by atoms with Gasteiger partial charge in [0.2, 0.25) is 0 Å². The van der Waals surface area contributed by atoms with Gasteiger partial charge in [-0.05, 0) is 76.9 Å². The van der Waals surface area contributed by atoms with Crippen molar-refractivity contribution in [2.75, 3.05) is 0 Å². The lowest BCUT2D eigenvalue weighted by molar-refractivity contribution is -0.384. The molecule has 4 aromatic carbocycles. The summed E-state index contributed by atoms with van der Waals surface area (Å²) in [6.45, 7) is 0. The van der Waals surface area contributed by atoms with E-state index >= 15 is 0 Å². The van der Waals surface area contributed by atoms with Gasteiger partial charge in [0.15, 0.2) is 0 Å². The van der Waals surface area contributed by atoms with Gasteiger partial charge in [-0.25, -0.2) is 0 Å². The Labute approximate surface area is 209 Å². The molecule has 4 nitrogen and oxygen atoms in total. The maximum absolute atomic E-state index is 11.2. The Kier molecular flexibility index (Phi) is 5.34. The van der Waals surface area contributed by atoms with Crippen LogP contribution < -0.4 is 4.74 Å². The van der Waals surface area contributed by atoms with Crippen LogP contribution in [0.1, 0.15) is 41.9 Å². The molecule has 0 heterocycles. The van der Waals surface area contributed by atoms with Crippen molar-refractivity contribution in [3.8, 4) is 5.75 Å². The predicted octanol–water partition coefficient (Wildman–Crippen LogP) is 8.29. The van der Waals surface area contributed by atoms with Crippen LogP contribution in [0.5, 0.6) is 5.75 Å². The number of benzene rings is 4. The maximum atomic E-state index is 11.2. The first-order valence-electron chi connectivity index (χ1n) is 11.9. The van der Waals surface area contributed by atoms with Crippen molar-refractivity contribution in [2.24, 2.45) is 5.92 Å². The lowest BCUT2D eigenvalue weighted by Crippen LogP contribution is -2.46. The molecule has 5 heteroatoms. The first-order valence-corrected chi connectivity index (χ1v) is 12.3. The minimum atomic E-state index is -0.633. The Morgan fingerprint density at radius 1 is 0.943 bits per heavy atom. The molecule has 35 heavy (non-hydrogen) atoms. The number of ether oxygens (including phenoxy) is 1. The fourth-order valence-corrected chi connectivity index (χ4v) is 6.15. The number of hydrogen-bond acceptors (Lipinski definition) is 3. The van der Waals surface area contributed by atoms with Crippen LogP contribution >= 0.6 is 11.6 Å². The van der Waals surface area contributed by atoms with Crippen LogP contribution in [0.15, 0.2) is 91.0 Å². The lowest BCUT2D eigenvalue weighted by Gasteiger charge is -2.49. The van der Waals surface area contributed by atoms with E-state index < -0.39 is 5.60 Å². The topological polar surface area (TPSA) is 52.4 Å². The summed E-state index contributed by atoms with van der Waals surface area (Å²) < 4.78 is 6.94. The Balaban J connectivity index is 1.54. The van der Waals surface area contributed by atoms with Crippen LogP contribution in [0, 0.1) is 16.0 Å². The van der Waals surface area contributed by atoms with Crippen molar-refractivity contribution in [2.45, 2.75) is 30.8 Å². The number of hydrogen-bond donors (Lipinski definition) is 0. The minimum Gasteiger partial charge on any atom is -0.482 e. The van der Waals surface area contributed by atoms with E-state index in [2.05, 4.69) is 60.7 Å². The average Bonchev–Trinajstić information content (AvgIpc) is 2.89. The van der Waals surface area contributed by atoms with Crippen molar-refractivity contribution >= 4 is 34.1 Å². The largest absolute Gasteiger partial charge is 0.482 e. The van der Waals surface area contributed by atoms with Gasteiger partial charge in [0.1, 0.15) is 11.4 Å². The zero-order chi connectivity index (χ0) is 24.0. The standard InChI is InChI=1S/C30H24ClNO3/c31-23-11-9-22(10-12-23)30(35-25-15-13-24(14-16-25)32(33)34)19-3-5-21-8-17-27-26-6-2-1-4-20(26)7-18-28(27)29(21)30/h1-2,4,6-18,21,29H,3,5,19H2. The van der Waals surface area contributed by atoms with Gasteiger partial charge >= 0.3 is 0 Å². The van der Waals surface area contributed by atoms with Gasteiger partial charge in [-0.3, -0.25) is 10.1 Å². The molecule has 0 aromatic heterocycles. The summed E-state index contributed by atoms with van der Waals surface area (Å²) in [5.74, 6) is 1.05. The molecule has 174 valence electrons. The van der Waals surface area contributed by atoms with E-state index in [1.807, 2.05) is 12.1 Å². The SMILES string of the molecule is O=[N+]([O-])c1ccc(OC2(c3ccc(Cl)cc3)CCCC3C=Cc4c(ccc5ccccc45)C32)cc1. The molecule has 2 aliphatic carbocycles. The molecule has 0 spiro atoms. The van der Waals surface area contributed by atoms with E-state index in [0.29, 0.717) is 16.7 Å². The van der Waals surface area contributed by atoms with E-state index in [0.717, 1.165) is 24.8 Å². The van der Waals surface area contributed by atoms with Gasteiger partial charge < -0.3 is 4.74 Å². The van der Waals surface area contributed by atoms with Crippen LogP contribution in [-0.4, -0.2) is 4.92 Å². The second-order valence-corrected chi connectivity index (χ2v) is 9.87. The quantitative estimate of drug-likeness (QED) is 0.217. The molecule has 4 aromatic rings. The molecule has 0 amide bonds. The molecule has 0 aliphatic heterocycles. The highest BCUT2D eigenvalue weighted by atomic mass is 35.5. The molecular weight excluding hydrogens is 458 g/mol. The maximum Gasteiger partial charge on any atom is 0.269 e. The number of non-ortho nitro benzene ring substituents is 1. The summed E-state index contributed by atoms with van der Waals surface area (Å²) in [6.07, 6.45) is 7.58. The Hall–Kier alpha value is -3.63. The van der Waals surface area contributed by atoms with Gasteiger partial charge in [-0.1, -0.05) is 72.3 Å². The Morgan fingerprint density at radius 3 is 2.49 bits per heavy atom. The summed E-state index contributed by atoms with van der Waals surface area (Å²) in [4.78, 5) is 10.8. The Morgan fingerprint density at radius 2 is 1.71 bits per heavy atom. The smallest absolute Gasteiger partial charge is 0.269 e. The molecule has 0 bridgehead atoms. The summed E-state index contributed by atoms with van der Waals surface area (Å²) in [7, 11) is 0.